The summed E-state index contributed by atoms with van der Waals surface area (Å²) in [5.41, 5.74) is 1.01. The van der Waals surface area contributed by atoms with E-state index in [0.29, 0.717) is 11.2 Å². The lowest BCUT2D eigenvalue weighted by molar-refractivity contribution is -0.314. The molecule has 1 unspecified atom stereocenters. The molecule has 2 aromatic heterocycles. The van der Waals surface area contributed by atoms with Crippen molar-refractivity contribution < 1.29 is 30.3 Å². The van der Waals surface area contributed by atoms with Crippen LogP contribution < -0.4 is 0 Å². The Morgan fingerprint density at radius 1 is 1.13 bits per heavy atom. The molecule has 1 saturated heterocycles. The maximum Gasteiger partial charge on any atom is 0.275 e. The summed E-state index contributed by atoms with van der Waals surface area (Å²) in [5.74, 6) is -2.50. The quantitative estimate of drug-likeness (QED) is 0.389. The first-order valence-electron chi connectivity index (χ1n) is 6.97. The molecule has 2 aromatic rings. The number of aromatic nitrogens is 4. The standard InChI is InChI=1S/C13H16N4O6/c18-8-5-23-11(10(8)19)6-3-15-12-7(16-6)4-14-9(17-12)1-2-13(20,21)22/h3-4,8,10-11,18-22H,1-2,5H2/t8-,10-,11?/m1/s1. The van der Waals surface area contributed by atoms with Gasteiger partial charge in [-0.2, -0.15) is 0 Å². The minimum absolute atomic E-state index is 0.0201. The number of fused-ring (bicyclic) bond motifs is 1. The predicted octanol–water partition coefficient (Wildman–Crippen LogP) is -2.22. The van der Waals surface area contributed by atoms with Crippen LogP contribution in [0.5, 0.6) is 0 Å². The summed E-state index contributed by atoms with van der Waals surface area (Å²) in [6.45, 7) is 0.0201. The lowest BCUT2D eigenvalue weighted by Gasteiger charge is -2.14. The molecule has 23 heavy (non-hydrogen) atoms. The minimum Gasteiger partial charge on any atom is -0.388 e. The third-order valence-corrected chi connectivity index (χ3v) is 3.50. The van der Waals surface area contributed by atoms with Gasteiger partial charge in [-0.15, -0.1) is 0 Å². The van der Waals surface area contributed by atoms with E-state index in [4.69, 9.17) is 20.1 Å². The molecule has 0 aliphatic carbocycles. The third-order valence-electron chi connectivity index (χ3n) is 3.50. The van der Waals surface area contributed by atoms with E-state index in [1.165, 1.54) is 12.4 Å². The molecule has 124 valence electrons. The van der Waals surface area contributed by atoms with Crippen LogP contribution in [-0.2, 0) is 11.2 Å². The molecule has 0 saturated carbocycles. The van der Waals surface area contributed by atoms with Gasteiger partial charge in [-0.3, -0.25) is 0 Å². The highest BCUT2D eigenvalue weighted by Gasteiger charge is 2.36. The summed E-state index contributed by atoms with van der Waals surface area (Å²) in [6.07, 6.45) is -0.316. The van der Waals surface area contributed by atoms with Gasteiger partial charge in [0.05, 0.1) is 24.7 Å². The van der Waals surface area contributed by atoms with Gasteiger partial charge in [-0.1, -0.05) is 0 Å². The van der Waals surface area contributed by atoms with E-state index < -0.39 is 24.3 Å². The van der Waals surface area contributed by atoms with Gasteiger partial charge < -0.3 is 30.3 Å². The van der Waals surface area contributed by atoms with Crippen molar-refractivity contribution in [3.05, 3.63) is 23.9 Å². The fraction of sp³-hybridized carbons (Fsp3) is 0.538. The Balaban J connectivity index is 1.82. The van der Waals surface area contributed by atoms with Crippen LogP contribution >= 0.6 is 0 Å². The van der Waals surface area contributed by atoms with Crippen LogP contribution in [0.1, 0.15) is 24.0 Å². The van der Waals surface area contributed by atoms with E-state index in [1.54, 1.807) is 0 Å². The number of rotatable bonds is 4. The molecule has 0 radical (unpaired) electrons. The lowest BCUT2D eigenvalue weighted by Crippen LogP contribution is -2.27. The number of nitrogens with zero attached hydrogens (tertiary/aromatic N) is 4. The molecule has 1 aliphatic rings. The number of aliphatic hydroxyl groups excluding tert-OH is 2. The van der Waals surface area contributed by atoms with Crippen LogP contribution in [0.3, 0.4) is 0 Å². The Morgan fingerprint density at radius 3 is 2.57 bits per heavy atom. The molecule has 1 aliphatic heterocycles. The van der Waals surface area contributed by atoms with Crippen molar-refractivity contribution in [3.8, 4) is 0 Å². The van der Waals surface area contributed by atoms with Crippen molar-refractivity contribution >= 4 is 11.2 Å². The average Bonchev–Trinajstić information content (AvgIpc) is 2.83. The van der Waals surface area contributed by atoms with Crippen LogP contribution in [0, 0.1) is 0 Å². The molecule has 5 N–H and O–H groups in total. The molecule has 10 nitrogen and oxygen atoms in total. The van der Waals surface area contributed by atoms with Crippen molar-refractivity contribution in [2.75, 3.05) is 6.61 Å². The molecular weight excluding hydrogens is 308 g/mol. The maximum atomic E-state index is 9.83. The molecule has 0 spiro atoms. The summed E-state index contributed by atoms with van der Waals surface area (Å²) >= 11 is 0. The van der Waals surface area contributed by atoms with Gasteiger partial charge in [0.1, 0.15) is 29.7 Å². The maximum absolute atomic E-state index is 9.83. The topological polar surface area (TPSA) is 162 Å². The number of aryl methyl sites for hydroxylation is 1. The number of hydrogen-bond donors (Lipinski definition) is 5. The summed E-state index contributed by atoms with van der Waals surface area (Å²) in [7, 11) is 0. The van der Waals surface area contributed by atoms with Crippen LogP contribution in [0.25, 0.3) is 11.2 Å². The molecule has 3 heterocycles. The Morgan fingerprint density at radius 2 is 1.91 bits per heavy atom. The van der Waals surface area contributed by atoms with Crippen molar-refractivity contribution in [1.82, 2.24) is 19.9 Å². The van der Waals surface area contributed by atoms with E-state index in [9.17, 15) is 10.2 Å². The summed E-state index contributed by atoms with van der Waals surface area (Å²) < 4.78 is 5.29. The Kier molecular flexibility index (Phi) is 4.19. The van der Waals surface area contributed by atoms with Crippen LogP contribution in [0.15, 0.2) is 12.4 Å². The van der Waals surface area contributed by atoms with E-state index in [1.807, 2.05) is 0 Å². The normalized spacial score (nSPS) is 25.2. The summed E-state index contributed by atoms with van der Waals surface area (Å²) in [5, 5.41) is 45.9. The van der Waals surface area contributed by atoms with Gasteiger partial charge in [0.2, 0.25) is 0 Å². The van der Waals surface area contributed by atoms with Crippen LogP contribution in [0.2, 0.25) is 0 Å². The van der Waals surface area contributed by atoms with Gasteiger partial charge >= 0.3 is 0 Å². The molecule has 1 fully saturated rings. The second-order valence-corrected chi connectivity index (χ2v) is 5.38. The Labute approximate surface area is 130 Å². The molecule has 10 heteroatoms. The number of aliphatic hydroxyl groups is 5. The lowest BCUT2D eigenvalue weighted by atomic mass is 10.1. The number of ether oxygens (including phenoxy) is 1. The van der Waals surface area contributed by atoms with Gasteiger partial charge in [0.15, 0.2) is 5.65 Å². The highest BCUT2D eigenvalue weighted by atomic mass is 16.7. The Hall–Kier alpha value is -1.82. The van der Waals surface area contributed by atoms with Gasteiger partial charge in [0.25, 0.3) is 5.97 Å². The zero-order valence-electron chi connectivity index (χ0n) is 11.9. The SMILES string of the molecule is O[C@@H]1COC(c2cnc3nc(CCC(O)(O)O)ncc3n2)[C@@H]1O. The zero-order chi connectivity index (χ0) is 16.6. The molecule has 0 bridgehead atoms. The van der Waals surface area contributed by atoms with E-state index in [-0.39, 0.29) is 30.9 Å². The van der Waals surface area contributed by atoms with Gasteiger partial charge in [-0.05, 0) is 0 Å². The van der Waals surface area contributed by atoms with Crippen molar-refractivity contribution in [1.29, 1.82) is 0 Å². The second kappa shape index (κ2) is 6.00. The summed E-state index contributed by atoms with van der Waals surface area (Å²) in [4.78, 5) is 16.5. The molecule has 3 rings (SSSR count). The average molecular weight is 324 g/mol. The predicted molar refractivity (Wildman–Crippen MR) is 73.5 cm³/mol. The largest absolute Gasteiger partial charge is 0.388 e. The molecule has 3 atom stereocenters. The van der Waals surface area contributed by atoms with Gasteiger partial charge in [0, 0.05) is 12.8 Å². The zero-order valence-corrected chi connectivity index (χ0v) is 11.9. The molecular formula is C13H16N4O6. The Bertz CT molecular complexity index is 706. The van der Waals surface area contributed by atoms with Crippen molar-refractivity contribution in [3.63, 3.8) is 0 Å². The highest BCUT2D eigenvalue weighted by molar-refractivity contribution is 5.68. The monoisotopic (exact) mass is 324 g/mol. The third kappa shape index (κ3) is 3.58. The van der Waals surface area contributed by atoms with Gasteiger partial charge in [-0.25, -0.2) is 19.9 Å². The number of hydrogen-bond acceptors (Lipinski definition) is 10. The fourth-order valence-electron chi connectivity index (χ4n) is 2.27. The fourth-order valence-corrected chi connectivity index (χ4v) is 2.27. The van der Waals surface area contributed by atoms with E-state index in [0.717, 1.165) is 0 Å². The second-order valence-electron chi connectivity index (χ2n) is 5.38. The smallest absolute Gasteiger partial charge is 0.275 e. The minimum atomic E-state index is -2.77. The first kappa shape index (κ1) is 16.1. The van der Waals surface area contributed by atoms with Crippen LogP contribution in [0.4, 0.5) is 0 Å². The van der Waals surface area contributed by atoms with Crippen molar-refractivity contribution in [2.24, 2.45) is 0 Å². The van der Waals surface area contributed by atoms with Crippen molar-refractivity contribution in [2.45, 2.75) is 37.1 Å². The first-order valence-corrected chi connectivity index (χ1v) is 6.97. The summed E-state index contributed by atoms with van der Waals surface area (Å²) in [6, 6.07) is 0. The van der Waals surface area contributed by atoms with E-state index >= 15 is 0 Å². The van der Waals surface area contributed by atoms with E-state index in [2.05, 4.69) is 19.9 Å². The first-order chi connectivity index (χ1) is 10.8. The highest BCUT2D eigenvalue weighted by Crippen LogP contribution is 2.28. The molecule has 0 aromatic carbocycles. The van der Waals surface area contributed by atoms with Crippen LogP contribution in [-0.4, -0.2) is 70.3 Å². The molecule has 0 amide bonds.